The second-order valence-electron chi connectivity index (χ2n) is 7.24. The molecule has 2 heteroatoms. The Hall–Kier alpha value is -2.87. The number of carbonyl (C=O) groups is 1. The van der Waals surface area contributed by atoms with Crippen molar-refractivity contribution in [3.63, 3.8) is 0 Å². The van der Waals surface area contributed by atoms with Crippen LogP contribution in [0.4, 0.5) is 5.69 Å². The molecule has 0 unspecified atom stereocenters. The molecule has 0 aliphatic carbocycles. The highest BCUT2D eigenvalue weighted by molar-refractivity contribution is 6.08. The largest absolute Gasteiger partial charge is 0.303 e. The third-order valence-corrected chi connectivity index (χ3v) is 5.77. The van der Waals surface area contributed by atoms with Gasteiger partial charge >= 0.3 is 0 Å². The van der Waals surface area contributed by atoms with E-state index in [2.05, 4.69) is 66.7 Å². The molecular formula is C24H21NO. The average Bonchev–Trinajstić information content (AvgIpc) is 2.70. The fourth-order valence-corrected chi connectivity index (χ4v) is 4.54. The maximum Gasteiger partial charge on any atom is 0.233 e. The predicted octanol–water partition coefficient (Wildman–Crippen LogP) is 5.39. The Kier molecular flexibility index (Phi) is 3.63. The van der Waals surface area contributed by atoms with Crippen LogP contribution in [-0.4, -0.2) is 5.91 Å². The molecule has 3 aromatic rings. The van der Waals surface area contributed by atoms with Gasteiger partial charge in [-0.15, -0.1) is 0 Å². The van der Waals surface area contributed by atoms with Gasteiger partial charge in [-0.2, -0.15) is 0 Å². The van der Waals surface area contributed by atoms with Gasteiger partial charge in [0.05, 0.1) is 17.6 Å². The van der Waals surface area contributed by atoms with E-state index < -0.39 is 0 Å². The second-order valence-corrected chi connectivity index (χ2v) is 7.24. The van der Waals surface area contributed by atoms with E-state index in [1.165, 1.54) is 22.3 Å². The van der Waals surface area contributed by atoms with Gasteiger partial charge in [-0.25, -0.2) is 0 Å². The molecule has 0 N–H and O–H groups in total. The Labute approximate surface area is 154 Å². The molecule has 26 heavy (non-hydrogen) atoms. The molecule has 128 valence electrons. The van der Waals surface area contributed by atoms with Crippen molar-refractivity contribution in [1.82, 2.24) is 0 Å². The topological polar surface area (TPSA) is 20.3 Å². The molecule has 1 amide bonds. The van der Waals surface area contributed by atoms with E-state index in [1.54, 1.807) is 0 Å². The van der Waals surface area contributed by atoms with Gasteiger partial charge in [0.2, 0.25) is 5.91 Å². The molecule has 2 heterocycles. The van der Waals surface area contributed by atoms with E-state index in [4.69, 9.17) is 0 Å². The summed E-state index contributed by atoms with van der Waals surface area (Å²) in [5, 5.41) is 0. The first-order chi connectivity index (χ1) is 12.8. The molecule has 0 bridgehead atoms. The quantitative estimate of drug-likeness (QED) is 0.583. The minimum absolute atomic E-state index is 0.105. The van der Waals surface area contributed by atoms with Gasteiger partial charge < -0.3 is 4.90 Å². The maximum absolute atomic E-state index is 12.9. The van der Waals surface area contributed by atoms with Gasteiger partial charge in [0.25, 0.3) is 0 Å². The fraction of sp³-hybridized carbons (Fsp3) is 0.208. The van der Waals surface area contributed by atoms with Crippen LogP contribution in [0.2, 0.25) is 0 Å². The predicted molar refractivity (Wildman–Crippen MR) is 105 cm³/mol. The van der Waals surface area contributed by atoms with Crippen molar-refractivity contribution in [3.05, 3.63) is 90.0 Å². The number of amides is 1. The molecule has 5 rings (SSSR count). The van der Waals surface area contributed by atoms with Gasteiger partial charge in [0.15, 0.2) is 0 Å². The van der Waals surface area contributed by atoms with E-state index in [-0.39, 0.29) is 17.9 Å². The first-order valence-electron chi connectivity index (χ1n) is 9.40. The number of rotatable bonds is 4. The Morgan fingerprint density at radius 2 is 1.46 bits per heavy atom. The van der Waals surface area contributed by atoms with Crippen molar-refractivity contribution >= 4 is 11.6 Å². The van der Waals surface area contributed by atoms with Crippen LogP contribution >= 0.6 is 0 Å². The smallest absolute Gasteiger partial charge is 0.233 e. The first kappa shape index (κ1) is 15.4. The van der Waals surface area contributed by atoms with Crippen LogP contribution in [0.5, 0.6) is 0 Å². The normalized spacial score (nSPS) is 20.0. The molecule has 0 saturated carbocycles. The number of aryl methyl sites for hydroxylation is 1. The Balaban J connectivity index is 1.41. The monoisotopic (exact) mass is 339 g/mol. The third kappa shape index (κ3) is 2.29. The van der Waals surface area contributed by atoms with Gasteiger partial charge in [0.1, 0.15) is 0 Å². The molecule has 0 spiro atoms. The molecular weight excluding hydrogens is 318 g/mol. The van der Waals surface area contributed by atoms with E-state index in [9.17, 15) is 4.79 Å². The van der Waals surface area contributed by atoms with Crippen molar-refractivity contribution in [2.75, 3.05) is 4.90 Å². The lowest BCUT2D eigenvalue weighted by molar-refractivity contribution is -0.130. The maximum atomic E-state index is 12.9. The summed E-state index contributed by atoms with van der Waals surface area (Å²) in [5.74, 6) is 0.387. The summed E-state index contributed by atoms with van der Waals surface area (Å²) in [4.78, 5) is 15.0. The average molecular weight is 339 g/mol. The summed E-state index contributed by atoms with van der Waals surface area (Å²) in [6.45, 7) is 0. The van der Waals surface area contributed by atoms with Gasteiger partial charge in [0, 0.05) is 5.56 Å². The number of para-hydroxylation sites is 1. The minimum Gasteiger partial charge on any atom is -0.303 e. The van der Waals surface area contributed by atoms with Crippen LogP contribution in [0.3, 0.4) is 0 Å². The first-order valence-corrected chi connectivity index (χ1v) is 9.40. The molecule has 0 radical (unpaired) electrons. The van der Waals surface area contributed by atoms with Crippen molar-refractivity contribution in [2.45, 2.75) is 25.3 Å². The van der Waals surface area contributed by atoms with Crippen LogP contribution in [-0.2, 0) is 11.2 Å². The van der Waals surface area contributed by atoms with Crippen molar-refractivity contribution in [2.24, 2.45) is 5.92 Å². The molecule has 1 saturated heterocycles. The minimum atomic E-state index is 0.105. The molecule has 2 aliphatic rings. The molecule has 2 aliphatic heterocycles. The van der Waals surface area contributed by atoms with E-state index in [0.717, 1.165) is 24.9 Å². The van der Waals surface area contributed by atoms with Crippen LogP contribution in [0.1, 0.15) is 30.0 Å². The molecule has 0 aromatic heterocycles. The van der Waals surface area contributed by atoms with Gasteiger partial charge in [-0.05, 0) is 42.0 Å². The SMILES string of the molecule is O=C1[C@H](CCCc2ccccc2)[C@@H]2c3ccccc3-c3ccccc3N12. The lowest BCUT2D eigenvalue weighted by Crippen LogP contribution is -2.56. The van der Waals surface area contributed by atoms with Crippen LogP contribution in [0.25, 0.3) is 11.1 Å². The fourth-order valence-electron chi connectivity index (χ4n) is 4.54. The molecule has 2 atom stereocenters. The summed E-state index contributed by atoms with van der Waals surface area (Å²) in [5.41, 5.74) is 6.18. The van der Waals surface area contributed by atoms with Gasteiger partial charge in [-0.1, -0.05) is 72.8 Å². The lowest BCUT2D eigenvalue weighted by Gasteiger charge is -2.51. The zero-order chi connectivity index (χ0) is 17.5. The van der Waals surface area contributed by atoms with Crippen LogP contribution in [0, 0.1) is 5.92 Å². The Morgan fingerprint density at radius 3 is 2.31 bits per heavy atom. The molecule has 3 aromatic carbocycles. The number of anilines is 1. The van der Waals surface area contributed by atoms with Crippen molar-refractivity contribution in [3.8, 4) is 11.1 Å². The summed E-state index contributed by atoms with van der Waals surface area (Å²) in [7, 11) is 0. The van der Waals surface area contributed by atoms with E-state index in [0.29, 0.717) is 0 Å². The highest BCUT2D eigenvalue weighted by Gasteiger charge is 2.51. The summed E-state index contributed by atoms with van der Waals surface area (Å²) < 4.78 is 0. The number of benzene rings is 3. The summed E-state index contributed by atoms with van der Waals surface area (Å²) in [6, 6.07) is 27.6. The highest BCUT2D eigenvalue weighted by Crippen LogP contribution is 2.54. The number of hydrogen-bond donors (Lipinski definition) is 0. The van der Waals surface area contributed by atoms with E-state index in [1.807, 2.05) is 17.0 Å². The zero-order valence-electron chi connectivity index (χ0n) is 14.6. The number of hydrogen-bond acceptors (Lipinski definition) is 1. The lowest BCUT2D eigenvalue weighted by atomic mass is 9.73. The second kappa shape index (κ2) is 6.14. The zero-order valence-corrected chi connectivity index (χ0v) is 14.6. The highest BCUT2D eigenvalue weighted by atomic mass is 16.2. The van der Waals surface area contributed by atoms with Crippen molar-refractivity contribution < 1.29 is 4.79 Å². The number of nitrogens with zero attached hydrogens (tertiary/aromatic N) is 1. The van der Waals surface area contributed by atoms with Gasteiger partial charge in [-0.3, -0.25) is 4.79 Å². The Morgan fingerprint density at radius 1 is 0.769 bits per heavy atom. The van der Waals surface area contributed by atoms with Crippen LogP contribution in [0.15, 0.2) is 78.9 Å². The standard InChI is InChI=1S/C24H21NO/c26-24-21(15-8-11-17-9-2-1-3-10-17)23-20-14-5-4-12-18(20)19-13-6-7-16-22(19)25(23)24/h1-7,9-10,12-14,16,21,23H,8,11,15H2/t21-,23+/m1/s1. The molecule has 2 nitrogen and oxygen atoms in total. The van der Waals surface area contributed by atoms with E-state index >= 15 is 0 Å². The third-order valence-electron chi connectivity index (χ3n) is 5.77. The number of fused-ring (bicyclic) bond motifs is 6. The summed E-state index contributed by atoms with van der Waals surface area (Å²) in [6.07, 6.45) is 3.04. The van der Waals surface area contributed by atoms with Crippen LogP contribution < -0.4 is 4.90 Å². The van der Waals surface area contributed by atoms with Crippen molar-refractivity contribution in [1.29, 1.82) is 0 Å². The number of β-lactam (4-membered cyclic amide) rings is 1. The molecule has 1 fully saturated rings. The summed E-state index contributed by atoms with van der Waals surface area (Å²) >= 11 is 0. The number of carbonyl (C=O) groups excluding carboxylic acids is 1. The Bertz CT molecular complexity index is 963.